The summed E-state index contributed by atoms with van der Waals surface area (Å²) in [6.45, 7) is -0.190. The van der Waals surface area contributed by atoms with Gasteiger partial charge in [-0.2, -0.15) is 0 Å². The number of rotatable bonds is 8. The number of pyridine rings is 1. The second kappa shape index (κ2) is 8.57. The van der Waals surface area contributed by atoms with Crippen LogP contribution in [0.3, 0.4) is 0 Å². The lowest BCUT2D eigenvalue weighted by atomic mass is 10.1. The van der Waals surface area contributed by atoms with Crippen molar-refractivity contribution in [3.63, 3.8) is 0 Å². The maximum Gasteiger partial charge on any atom is 0.323 e. The zero-order chi connectivity index (χ0) is 21.0. The molecular formula is C21H21N3O5. The summed E-state index contributed by atoms with van der Waals surface area (Å²) in [5.74, 6) is -0.330. The van der Waals surface area contributed by atoms with E-state index in [9.17, 15) is 14.7 Å². The molecule has 2 N–H and O–H groups in total. The number of amides is 1. The fraction of sp³-hybridized carbons (Fsp3) is 0.190. The van der Waals surface area contributed by atoms with Crippen LogP contribution in [0.1, 0.15) is 5.69 Å². The number of hydrogen-bond donors (Lipinski definition) is 2. The van der Waals surface area contributed by atoms with Crippen LogP contribution in [0.4, 0.5) is 5.82 Å². The Bertz CT molecular complexity index is 1040. The van der Waals surface area contributed by atoms with E-state index >= 15 is 0 Å². The van der Waals surface area contributed by atoms with Gasteiger partial charge in [-0.1, -0.05) is 18.2 Å². The number of carboxylic acids is 1. The SMILES string of the molecule is CN(C)Cc1nc(N(C=O)CC(=O)O)c(O)c2ccc(Oc3ccccc3)cc12. The molecule has 150 valence electrons. The summed E-state index contributed by atoms with van der Waals surface area (Å²) in [6.07, 6.45) is 0.342. The lowest BCUT2D eigenvalue weighted by molar-refractivity contribution is -0.136. The van der Waals surface area contributed by atoms with Crippen LogP contribution in [-0.2, 0) is 16.1 Å². The molecule has 1 aromatic heterocycles. The topological polar surface area (TPSA) is 103 Å². The van der Waals surface area contributed by atoms with Gasteiger partial charge >= 0.3 is 5.97 Å². The van der Waals surface area contributed by atoms with Crippen molar-refractivity contribution < 1.29 is 24.5 Å². The normalized spacial score (nSPS) is 10.9. The highest BCUT2D eigenvalue weighted by atomic mass is 16.5. The highest BCUT2D eigenvalue weighted by molar-refractivity contribution is 5.97. The third kappa shape index (κ3) is 4.61. The molecule has 3 rings (SSSR count). The number of fused-ring (bicyclic) bond motifs is 1. The Hall–Kier alpha value is -3.65. The van der Waals surface area contributed by atoms with Gasteiger partial charge in [0.25, 0.3) is 0 Å². The van der Waals surface area contributed by atoms with Crippen LogP contribution in [0.15, 0.2) is 48.5 Å². The average molecular weight is 395 g/mol. The molecule has 0 fully saturated rings. The summed E-state index contributed by atoms with van der Waals surface area (Å²) in [6, 6.07) is 14.4. The Morgan fingerprint density at radius 1 is 1.10 bits per heavy atom. The van der Waals surface area contributed by atoms with Gasteiger partial charge in [0.1, 0.15) is 18.0 Å². The molecule has 0 unspecified atom stereocenters. The van der Waals surface area contributed by atoms with E-state index < -0.39 is 12.5 Å². The molecule has 3 aromatic rings. The predicted octanol–water partition coefficient (Wildman–Crippen LogP) is 2.84. The summed E-state index contributed by atoms with van der Waals surface area (Å²) in [5.41, 5.74) is 0.577. The van der Waals surface area contributed by atoms with E-state index in [-0.39, 0.29) is 11.6 Å². The number of benzene rings is 2. The lowest BCUT2D eigenvalue weighted by Gasteiger charge is -2.20. The first-order valence-electron chi connectivity index (χ1n) is 8.86. The lowest BCUT2D eigenvalue weighted by Crippen LogP contribution is -2.29. The van der Waals surface area contributed by atoms with Gasteiger partial charge in [0, 0.05) is 17.3 Å². The quantitative estimate of drug-likeness (QED) is 0.565. The number of anilines is 1. The van der Waals surface area contributed by atoms with E-state index in [1.165, 1.54) is 0 Å². The van der Waals surface area contributed by atoms with Crippen molar-refractivity contribution in [1.29, 1.82) is 0 Å². The maximum absolute atomic E-state index is 11.4. The third-order valence-electron chi connectivity index (χ3n) is 4.16. The molecule has 0 aliphatic carbocycles. The molecule has 0 spiro atoms. The number of para-hydroxylation sites is 1. The third-order valence-corrected chi connectivity index (χ3v) is 4.16. The molecule has 0 saturated heterocycles. The number of aromatic nitrogens is 1. The molecule has 0 radical (unpaired) electrons. The Morgan fingerprint density at radius 3 is 2.45 bits per heavy atom. The number of aliphatic carboxylic acids is 1. The minimum absolute atomic E-state index is 0.0940. The highest BCUT2D eigenvalue weighted by Crippen LogP contribution is 2.37. The van der Waals surface area contributed by atoms with Crippen molar-refractivity contribution in [1.82, 2.24) is 9.88 Å². The molecule has 0 aliphatic heterocycles. The molecule has 29 heavy (non-hydrogen) atoms. The van der Waals surface area contributed by atoms with Gasteiger partial charge in [-0.3, -0.25) is 14.5 Å². The van der Waals surface area contributed by atoms with E-state index in [4.69, 9.17) is 9.84 Å². The molecule has 8 heteroatoms. The highest BCUT2D eigenvalue weighted by Gasteiger charge is 2.21. The summed E-state index contributed by atoms with van der Waals surface area (Å²) < 4.78 is 5.87. The predicted molar refractivity (Wildman–Crippen MR) is 108 cm³/mol. The van der Waals surface area contributed by atoms with E-state index in [1.807, 2.05) is 49.3 Å². The molecule has 2 aromatic carbocycles. The minimum atomic E-state index is -1.21. The van der Waals surface area contributed by atoms with Crippen LogP contribution in [-0.4, -0.2) is 53.1 Å². The number of carboxylic acid groups (broad SMARTS) is 1. The van der Waals surface area contributed by atoms with Gasteiger partial charge in [-0.25, -0.2) is 4.98 Å². The van der Waals surface area contributed by atoms with Crippen LogP contribution in [0.2, 0.25) is 0 Å². The second-order valence-corrected chi connectivity index (χ2v) is 6.72. The Morgan fingerprint density at radius 2 is 1.83 bits per heavy atom. The molecule has 8 nitrogen and oxygen atoms in total. The summed E-state index contributed by atoms with van der Waals surface area (Å²) in [4.78, 5) is 29.6. The number of carbonyl (C=O) groups excluding carboxylic acids is 1. The molecule has 0 aliphatic rings. The number of carbonyl (C=O) groups is 2. The van der Waals surface area contributed by atoms with Crippen LogP contribution in [0.25, 0.3) is 10.8 Å². The zero-order valence-corrected chi connectivity index (χ0v) is 16.1. The number of aromatic hydroxyl groups is 1. The van der Waals surface area contributed by atoms with Gasteiger partial charge in [0.2, 0.25) is 6.41 Å². The van der Waals surface area contributed by atoms with Crippen LogP contribution in [0.5, 0.6) is 17.2 Å². The van der Waals surface area contributed by atoms with E-state index in [2.05, 4.69) is 4.98 Å². The molecule has 1 heterocycles. The monoisotopic (exact) mass is 395 g/mol. The van der Waals surface area contributed by atoms with Crippen molar-refractivity contribution in [3.05, 3.63) is 54.2 Å². The molecule has 0 atom stereocenters. The summed E-state index contributed by atoms with van der Waals surface area (Å²) in [7, 11) is 3.72. The number of hydrogen-bond acceptors (Lipinski definition) is 6. The molecule has 1 amide bonds. The molecular weight excluding hydrogens is 374 g/mol. The Balaban J connectivity index is 2.12. The standard InChI is InChI=1S/C21H21N3O5/c1-23(2)11-18-17-10-15(29-14-6-4-3-5-7-14)8-9-16(17)20(28)21(22-18)24(13-25)12-19(26)27/h3-10,13,28H,11-12H2,1-2H3,(H,26,27). The largest absolute Gasteiger partial charge is 0.504 e. The van der Waals surface area contributed by atoms with Crippen molar-refractivity contribution in [3.8, 4) is 17.2 Å². The van der Waals surface area contributed by atoms with Gasteiger partial charge in [-0.15, -0.1) is 0 Å². The molecule has 0 bridgehead atoms. The van der Waals surface area contributed by atoms with Crippen molar-refractivity contribution >= 4 is 29.0 Å². The first-order valence-corrected chi connectivity index (χ1v) is 8.86. The van der Waals surface area contributed by atoms with Crippen molar-refractivity contribution in [2.24, 2.45) is 0 Å². The van der Waals surface area contributed by atoms with Crippen molar-refractivity contribution in [2.75, 3.05) is 25.5 Å². The Labute approximate surface area is 167 Å². The fourth-order valence-electron chi connectivity index (χ4n) is 2.95. The first kappa shape index (κ1) is 20.1. The Kier molecular flexibility index (Phi) is 5.94. The van der Waals surface area contributed by atoms with Crippen LogP contribution >= 0.6 is 0 Å². The van der Waals surface area contributed by atoms with Crippen LogP contribution in [0, 0.1) is 0 Å². The van der Waals surface area contributed by atoms with Gasteiger partial charge in [-0.05, 0) is 44.4 Å². The first-order chi connectivity index (χ1) is 13.9. The number of ether oxygens (including phenoxy) is 1. The zero-order valence-electron chi connectivity index (χ0n) is 16.1. The smallest absolute Gasteiger partial charge is 0.323 e. The molecule has 0 saturated carbocycles. The van der Waals surface area contributed by atoms with E-state index in [0.29, 0.717) is 40.9 Å². The van der Waals surface area contributed by atoms with E-state index in [0.717, 1.165) is 4.90 Å². The minimum Gasteiger partial charge on any atom is -0.504 e. The van der Waals surface area contributed by atoms with Gasteiger partial charge in [0.15, 0.2) is 11.6 Å². The van der Waals surface area contributed by atoms with Gasteiger partial charge < -0.3 is 19.8 Å². The fourth-order valence-corrected chi connectivity index (χ4v) is 2.95. The van der Waals surface area contributed by atoms with Crippen LogP contribution < -0.4 is 9.64 Å². The average Bonchev–Trinajstić information content (AvgIpc) is 2.69. The maximum atomic E-state index is 11.4. The summed E-state index contributed by atoms with van der Waals surface area (Å²) >= 11 is 0. The van der Waals surface area contributed by atoms with E-state index in [1.54, 1.807) is 18.2 Å². The van der Waals surface area contributed by atoms with Gasteiger partial charge in [0.05, 0.1) is 5.69 Å². The second-order valence-electron chi connectivity index (χ2n) is 6.72. The number of nitrogens with zero attached hydrogens (tertiary/aromatic N) is 3. The summed E-state index contributed by atoms with van der Waals surface area (Å²) in [5, 5.41) is 20.8. The van der Waals surface area contributed by atoms with Crippen molar-refractivity contribution in [2.45, 2.75) is 6.54 Å².